The van der Waals surface area contributed by atoms with Crippen LogP contribution in [0.2, 0.25) is 0 Å². The van der Waals surface area contributed by atoms with Crippen LogP contribution in [0.5, 0.6) is 0 Å². The number of hydrogen-bond acceptors (Lipinski definition) is 4. The highest BCUT2D eigenvalue weighted by Gasteiger charge is 2.19. The number of piperazine rings is 1. The van der Waals surface area contributed by atoms with Crippen LogP contribution in [0.25, 0.3) is 11.4 Å². The van der Waals surface area contributed by atoms with E-state index in [-0.39, 0.29) is 0 Å². The van der Waals surface area contributed by atoms with E-state index in [1.165, 1.54) is 5.56 Å². The van der Waals surface area contributed by atoms with Crippen molar-refractivity contribution in [2.24, 2.45) is 0 Å². The first-order chi connectivity index (χ1) is 9.63. The molecule has 0 amide bonds. The van der Waals surface area contributed by atoms with Gasteiger partial charge in [-0.15, -0.1) is 5.10 Å². The van der Waals surface area contributed by atoms with Crippen molar-refractivity contribution in [1.29, 1.82) is 0 Å². The van der Waals surface area contributed by atoms with Crippen LogP contribution in [0, 0.1) is 6.92 Å². The summed E-state index contributed by atoms with van der Waals surface area (Å²) in [6.45, 7) is 7.11. The van der Waals surface area contributed by atoms with Gasteiger partial charge in [-0.2, -0.15) is 4.98 Å². The Morgan fingerprint density at radius 2 is 2.25 bits per heavy atom. The lowest BCUT2D eigenvalue weighted by molar-refractivity contribution is 0.480. The maximum atomic E-state index is 4.63. The predicted octanol–water partition coefficient (Wildman–Crippen LogP) is 2.34. The van der Waals surface area contributed by atoms with E-state index in [4.69, 9.17) is 0 Å². The highest BCUT2D eigenvalue weighted by molar-refractivity contribution is 9.10. The molecule has 1 aromatic heterocycles. The van der Waals surface area contributed by atoms with Gasteiger partial charge >= 0.3 is 0 Å². The largest absolute Gasteiger partial charge is 0.337 e. The fraction of sp³-hybridized carbons (Fsp3) is 0.429. The third-order valence-electron chi connectivity index (χ3n) is 3.56. The third kappa shape index (κ3) is 2.71. The van der Waals surface area contributed by atoms with Gasteiger partial charge in [0.1, 0.15) is 0 Å². The highest BCUT2D eigenvalue weighted by atomic mass is 79.9. The Hall–Kier alpha value is -1.40. The van der Waals surface area contributed by atoms with Crippen LogP contribution in [-0.4, -0.2) is 40.9 Å². The zero-order chi connectivity index (χ0) is 14.1. The second-order valence-electron chi connectivity index (χ2n) is 5.25. The Morgan fingerprint density at radius 3 is 3.00 bits per heavy atom. The molecule has 2 aromatic rings. The summed E-state index contributed by atoms with van der Waals surface area (Å²) in [5.74, 6) is 1.61. The van der Waals surface area contributed by atoms with Gasteiger partial charge < -0.3 is 10.2 Å². The number of aryl methyl sites for hydroxylation is 1. The van der Waals surface area contributed by atoms with Crippen molar-refractivity contribution in [3.63, 3.8) is 0 Å². The van der Waals surface area contributed by atoms with Crippen molar-refractivity contribution in [2.45, 2.75) is 19.9 Å². The number of hydrogen-bond donors (Lipinski definition) is 2. The van der Waals surface area contributed by atoms with E-state index in [9.17, 15) is 0 Å². The summed E-state index contributed by atoms with van der Waals surface area (Å²) in [6, 6.07) is 6.66. The second-order valence-corrected chi connectivity index (χ2v) is 6.10. The molecule has 1 aromatic carbocycles. The number of H-pyrrole nitrogens is 1. The van der Waals surface area contributed by atoms with E-state index >= 15 is 0 Å². The number of nitrogens with zero attached hydrogens (tertiary/aromatic N) is 3. The Morgan fingerprint density at radius 1 is 1.40 bits per heavy atom. The van der Waals surface area contributed by atoms with Crippen LogP contribution < -0.4 is 10.2 Å². The molecule has 1 fully saturated rings. The summed E-state index contributed by atoms with van der Waals surface area (Å²) < 4.78 is 1.11. The SMILES string of the molecule is Cc1cc(-c2nc(N3CCN[C@@H](C)C3)n[nH]2)ccc1Br. The molecule has 2 N–H and O–H groups in total. The summed E-state index contributed by atoms with van der Waals surface area (Å²) in [7, 11) is 0. The molecule has 3 rings (SSSR count). The maximum absolute atomic E-state index is 4.63. The molecular weight excluding hydrogens is 318 g/mol. The van der Waals surface area contributed by atoms with E-state index in [0.29, 0.717) is 6.04 Å². The highest BCUT2D eigenvalue weighted by Crippen LogP contribution is 2.24. The van der Waals surface area contributed by atoms with Gasteiger partial charge in [-0.25, -0.2) is 0 Å². The summed E-state index contributed by atoms with van der Waals surface area (Å²) >= 11 is 3.51. The van der Waals surface area contributed by atoms with E-state index in [0.717, 1.165) is 41.4 Å². The van der Waals surface area contributed by atoms with E-state index in [1.807, 2.05) is 12.1 Å². The van der Waals surface area contributed by atoms with Crippen LogP contribution in [0.3, 0.4) is 0 Å². The quantitative estimate of drug-likeness (QED) is 0.884. The Kier molecular flexibility index (Phi) is 3.76. The average Bonchev–Trinajstić information content (AvgIpc) is 2.92. The van der Waals surface area contributed by atoms with Crippen LogP contribution >= 0.6 is 15.9 Å². The topological polar surface area (TPSA) is 56.8 Å². The molecule has 0 saturated carbocycles. The van der Waals surface area contributed by atoms with Crippen LogP contribution in [0.15, 0.2) is 22.7 Å². The van der Waals surface area contributed by atoms with Crippen LogP contribution in [-0.2, 0) is 0 Å². The molecule has 1 saturated heterocycles. The molecule has 0 unspecified atom stereocenters. The fourth-order valence-electron chi connectivity index (χ4n) is 2.43. The number of halogens is 1. The van der Waals surface area contributed by atoms with E-state index in [1.54, 1.807) is 0 Å². The standard InChI is InChI=1S/C14H18BrN5/c1-9-7-11(3-4-12(9)15)13-17-14(19-18-13)20-6-5-16-10(2)8-20/h3-4,7,10,16H,5-6,8H2,1-2H3,(H,17,18,19)/t10-/m0/s1. The maximum Gasteiger partial charge on any atom is 0.245 e. The minimum atomic E-state index is 0.473. The first kappa shape index (κ1) is 13.6. The summed E-state index contributed by atoms with van der Waals surface area (Å²) in [5.41, 5.74) is 2.25. The zero-order valence-corrected chi connectivity index (χ0v) is 13.2. The first-order valence-corrected chi connectivity index (χ1v) is 7.60. The monoisotopic (exact) mass is 335 g/mol. The van der Waals surface area contributed by atoms with Gasteiger partial charge in [0, 0.05) is 35.7 Å². The van der Waals surface area contributed by atoms with Crippen LogP contribution in [0.4, 0.5) is 5.95 Å². The number of anilines is 1. The molecule has 1 aliphatic rings. The van der Waals surface area contributed by atoms with Crippen molar-refractivity contribution >= 4 is 21.9 Å². The third-order valence-corrected chi connectivity index (χ3v) is 4.45. The van der Waals surface area contributed by atoms with Crippen molar-refractivity contribution in [3.05, 3.63) is 28.2 Å². The Balaban J connectivity index is 1.84. The fourth-order valence-corrected chi connectivity index (χ4v) is 2.68. The molecule has 0 spiro atoms. The van der Waals surface area contributed by atoms with Crippen LogP contribution in [0.1, 0.15) is 12.5 Å². The summed E-state index contributed by atoms with van der Waals surface area (Å²) in [5, 5.41) is 10.8. The molecular formula is C14H18BrN5. The van der Waals surface area contributed by atoms with Gasteiger partial charge in [-0.1, -0.05) is 22.0 Å². The minimum Gasteiger partial charge on any atom is -0.337 e. The first-order valence-electron chi connectivity index (χ1n) is 6.81. The molecule has 2 heterocycles. The van der Waals surface area contributed by atoms with E-state index in [2.05, 4.69) is 61.2 Å². The lowest BCUT2D eigenvalue weighted by atomic mass is 10.1. The normalized spacial score (nSPS) is 19.4. The number of nitrogens with one attached hydrogen (secondary N) is 2. The Bertz CT molecular complexity index is 609. The van der Waals surface area contributed by atoms with Crippen molar-refractivity contribution in [3.8, 4) is 11.4 Å². The van der Waals surface area contributed by atoms with Crippen molar-refractivity contribution < 1.29 is 0 Å². The van der Waals surface area contributed by atoms with Gasteiger partial charge in [0.25, 0.3) is 0 Å². The molecule has 1 atom stereocenters. The van der Waals surface area contributed by atoms with E-state index < -0.39 is 0 Å². The van der Waals surface area contributed by atoms with Crippen molar-refractivity contribution in [2.75, 3.05) is 24.5 Å². The van der Waals surface area contributed by atoms with Gasteiger partial charge in [0.2, 0.25) is 5.95 Å². The zero-order valence-electron chi connectivity index (χ0n) is 11.7. The lowest BCUT2D eigenvalue weighted by Crippen LogP contribution is -2.49. The summed E-state index contributed by atoms with van der Waals surface area (Å²) in [4.78, 5) is 6.84. The predicted molar refractivity (Wildman–Crippen MR) is 83.9 cm³/mol. The number of aromatic amines is 1. The molecule has 0 bridgehead atoms. The van der Waals surface area contributed by atoms with Gasteiger partial charge in [-0.3, -0.25) is 5.10 Å². The van der Waals surface area contributed by atoms with Crippen molar-refractivity contribution in [1.82, 2.24) is 20.5 Å². The number of rotatable bonds is 2. The smallest absolute Gasteiger partial charge is 0.245 e. The van der Waals surface area contributed by atoms with Gasteiger partial charge in [-0.05, 0) is 31.5 Å². The molecule has 0 aliphatic carbocycles. The molecule has 106 valence electrons. The molecule has 5 nitrogen and oxygen atoms in total. The average molecular weight is 336 g/mol. The Labute approximate surface area is 126 Å². The van der Waals surface area contributed by atoms with Gasteiger partial charge in [0.15, 0.2) is 5.82 Å². The summed E-state index contributed by atoms with van der Waals surface area (Å²) in [6.07, 6.45) is 0. The second kappa shape index (κ2) is 5.54. The molecule has 0 radical (unpaired) electrons. The molecule has 6 heteroatoms. The molecule has 20 heavy (non-hydrogen) atoms. The number of aromatic nitrogens is 3. The van der Waals surface area contributed by atoms with Gasteiger partial charge in [0.05, 0.1) is 0 Å². The minimum absolute atomic E-state index is 0.473. The lowest BCUT2D eigenvalue weighted by Gasteiger charge is -2.30. The molecule has 1 aliphatic heterocycles. The number of benzene rings is 1.